The second-order valence-corrected chi connectivity index (χ2v) is 5.06. The van der Waals surface area contributed by atoms with Crippen LogP contribution in [-0.4, -0.2) is 14.4 Å². The molecule has 0 unspecified atom stereocenters. The Kier molecular flexibility index (Phi) is 4.09. The van der Waals surface area contributed by atoms with Crippen LogP contribution in [0.3, 0.4) is 0 Å². The van der Waals surface area contributed by atoms with Gasteiger partial charge in [-0.2, -0.15) is 0 Å². The molecule has 0 saturated heterocycles. The first-order valence-electron chi connectivity index (χ1n) is 6.17. The van der Waals surface area contributed by atoms with Crippen LogP contribution in [0.2, 0.25) is 0 Å². The molecule has 0 atom stereocenters. The molecular weight excluding hydrogens is 299 g/mol. The van der Waals surface area contributed by atoms with E-state index in [1.807, 2.05) is 0 Å². The van der Waals surface area contributed by atoms with Crippen molar-refractivity contribution >= 4 is 16.8 Å². The van der Waals surface area contributed by atoms with E-state index < -0.39 is 22.3 Å². The smallest absolute Gasteiger partial charge is 0.297 e. The van der Waals surface area contributed by atoms with Gasteiger partial charge in [-0.25, -0.2) is 13.8 Å². The number of carbonyl (C=O) groups is 1. The van der Waals surface area contributed by atoms with Crippen molar-refractivity contribution in [3.05, 3.63) is 62.7 Å². The van der Waals surface area contributed by atoms with Crippen LogP contribution in [0.15, 0.2) is 40.1 Å². The lowest BCUT2D eigenvalue weighted by Crippen LogP contribution is -2.41. The van der Waals surface area contributed by atoms with Gasteiger partial charge in [0.15, 0.2) is 0 Å². The highest BCUT2D eigenvalue weighted by Gasteiger charge is 2.18. The van der Waals surface area contributed by atoms with Gasteiger partial charge < -0.3 is 0 Å². The molecule has 5 nitrogen and oxygen atoms in total. The third-order valence-electron chi connectivity index (χ3n) is 2.95. The van der Waals surface area contributed by atoms with Gasteiger partial charge >= 0.3 is 5.69 Å². The summed E-state index contributed by atoms with van der Waals surface area (Å²) in [4.78, 5) is 36.0. The topological polar surface area (TPSA) is 61.1 Å². The molecule has 7 heteroatoms. The van der Waals surface area contributed by atoms with Crippen LogP contribution in [-0.2, 0) is 0 Å². The minimum atomic E-state index is -0.973. The number of rotatable bonds is 3. The summed E-state index contributed by atoms with van der Waals surface area (Å²) in [6.45, 7) is 3.43. The largest absolute Gasteiger partial charge is 0.335 e. The predicted octanol–water partition coefficient (Wildman–Crippen LogP) is 2.10. The third-order valence-corrected chi connectivity index (χ3v) is 3.15. The van der Waals surface area contributed by atoms with Crippen molar-refractivity contribution in [2.45, 2.75) is 19.9 Å². The van der Waals surface area contributed by atoms with Crippen LogP contribution in [0, 0.1) is 5.82 Å². The molecule has 110 valence electrons. The molecule has 2 aromatic rings. The van der Waals surface area contributed by atoms with Crippen molar-refractivity contribution in [2.24, 2.45) is 0 Å². The summed E-state index contributed by atoms with van der Waals surface area (Å²) in [5.74, 6) is -0.600. The Morgan fingerprint density at radius 1 is 1.29 bits per heavy atom. The van der Waals surface area contributed by atoms with Gasteiger partial charge in [0.25, 0.3) is 10.8 Å². The second-order valence-electron chi connectivity index (χ2n) is 4.72. The average molecular weight is 311 g/mol. The molecule has 0 radical (unpaired) electrons. The van der Waals surface area contributed by atoms with E-state index in [1.165, 1.54) is 22.8 Å². The first kappa shape index (κ1) is 15.2. The van der Waals surface area contributed by atoms with E-state index >= 15 is 0 Å². The Labute approximate surface area is 124 Å². The Morgan fingerprint density at radius 3 is 2.48 bits per heavy atom. The fourth-order valence-corrected chi connectivity index (χ4v) is 2.05. The molecule has 1 aromatic heterocycles. The highest BCUT2D eigenvalue weighted by molar-refractivity contribution is 6.67. The third kappa shape index (κ3) is 2.80. The molecule has 0 amide bonds. The van der Waals surface area contributed by atoms with Crippen molar-refractivity contribution in [3.8, 4) is 5.69 Å². The summed E-state index contributed by atoms with van der Waals surface area (Å²) in [7, 11) is 0. The highest BCUT2D eigenvalue weighted by Crippen LogP contribution is 2.08. The number of benzene rings is 1. The quantitative estimate of drug-likeness (QED) is 0.816. The molecule has 0 aliphatic rings. The fraction of sp³-hybridized carbons (Fsp3) is 0.214. The molecule has 1 aromatic carbocycles. The van der Waals surface area contributed by atoms with Crippen LogP contribution in [0.25, 0.3) is 5.69 Å². The molecule has 1 heterocycles. The number of nitrogens with zero attached hydrogens (tertiary/aromatic N) is 2. The highest BCUT2D eigenvalue weighted by atomic mass is 35.5. The number of halogens is 2. The second kappa shape index (κ2) is 5.65. The van der Waals surface area contributed by atoms with Crippen LogP contribution >= 0.6 is 11.6 Å². The van der Waals surface area contributed by atoms with E-state index in [0.29, 0.717) is 0 Å². The van der Waals surface area contributed by atoms with Crippen molar-refractivity contribution in [3.63, 3.8) is 0 Å². The minimum absolute atomic E-state index is 0.0409. The van der Waals surface area contributed by atoms with Crippen molar-refractivity contribution in [2.75, 3.05) is 0 Å². The monoisotopic (exact) mass is 310 g/mol. The molecule has 0 N–H and O–H groups in total. The zero-order chi connectivity index (χ0) is 15.7. The van der Waals surface area contributed by atoms with Gasteiger partial charge in [0.2, 0.25) is 0 Å². The zero-order valence-corrected chi connectivity index (χ0v) is 12.1. The van der Waals surface area contributed by atoms with Gasteiger partial charge in [-0.15, -0.1) is 0 Å². The summed E-state index contributed by atoms with van der Waals surface area (Å²) in [5.41, 5.74) is -1.84. The number of aromatic nitrogens is 2. The Balaban J connectivity index is 2.91. The van der Waals surface area contributed by atoms with E-state index in [1.54, 1.807) is 13.8 Å². The minimum Gasteiger partial charge on any atom is -0.297 e. The number of hydrogen-bond donors (Lipinski definition) is 0. The van der Waals surface area contributed by atoms with E-state index in [0.717, 1.165) is 16.8 Å². The van der Waals surface area contributed by atoms with Crippen molar-refractivity contribution in [1.82, 2.24) is 9.13 Å². The fourth-order valence-electron chi connectivity index (χ4n) is 1.92. The van der Waals surface area contributed by atoms with E-state index in [9.17, 15) is 18.8 Å². The van der Waals surface area contributed by atoms with Gasteiger partial charge in [0.1, 0.15) is 11.4 Å². The van der Waals surface area contributed by atoms with Crippen molar-refractivity contribution in [1.29, 1.82) is 0 Å². The molecule has 0 saturated carbocycles. The summed E-state index contributed by atoms with van der Waals surface area (Å²) < 4.78 is 15.2. The van der Waals surface area contributed by atoms with Crippen LogP contribution < -0.4 is 11.2 Å². The first-order valence-corrected chi connectivity index (χ1v) is 6.54. The molecule has 0 aliphatic carbocycles. The van der Waals surface area contributed by atoms with Crippen LogP contribution in [0.4, 0.5) is 4.39 Å². The van der Waals surface area contributed by atoms with Gasteiger partial charge in [0.05, 0.1) is 5.69 Å². The molecule has 0 bridgehead atoms. The maximum atomic E-state index is 13.3. The Bertz CT molecular complexity index is 824. The standard InChI is InChI=1S/C14H12ClFN2O3/c1-8(2)17-7-11(12(15)19)13(20)18(14(17)21)10-5-3-4-9(16)6-10/h3-8H,1-2H3. The van der Waals surface area contributed by atoms with Crippen molar-refractivity contribution < 1.29 is 9.18 Å². The summed E-state index contributed by atoms with van der Waals surface area (Å²) in [6.07, 6.45) is 1.13. The number of hydrogen-bond acceptors (Lipinski definition) is 3. The lowest BCUT2D eigenvalue weighted by atomic mass is 10.2. The molecule has 2 rings (SSSR count). The lowest BCUT2D eigenvalue weighted by molar-refractivity contribution is 0.107. The molecule has 0 fully saturated rings. The van der Waals surface area contributed by atoms with Gasteiger partial charge in [-0.1, -0.05) is 6.07 Å². The predicted molar refractivity (Wildman–Crippen MR) is 76.8 cm³/mol. The lowest BCUT2D eigenvalue weighted by Gasteiger charge is -2.14. The zero-order valence-electron chi connectivity index (χ0n) is 11.3. The SMILES string of the molecule is CC(C)n1cc(C(=O)Cl)c(=O)n(-c2cccc(F)c2)c1=O. The Hall–Kier alpha value is -2.21. The van der Waals surface area contributed by atoms with E-state index in [2.05, 4.69) is 0 Å². The molecule has 0 spiro atoms. The van der Waals surface area contributed by atoms with Crippen LogP contribution in [0.1, 0.15) is 30.2 Å². The number of carbonyl (C=O) groups excluding carboxylic acids is 1. The summed E-state index contributed by atoms with van der Waals surface area (Å²) in [6, 6.07) is 4.69. The van der Waals surface area contributed by atoms with Gasteiger partial charge in [0, 0.05) is 12.2 Å². The average Bonchev–Trinajstić information content (AvgIpc) is 2.38. The first-order chi connectivity index (χ1) is 9.82. The Morgan fingerprint density at radius 2 is 1.95 bits per heavy atom. The van der Waals surface area contributed by atoms with Gasteiger partial charge in [-0.05, 0) is 43.6 Å². The molecule has 0 aliphatic heterocycles. The molecule has 21 heavy (non-hydrogen) atoms. The summed E-state index contributed by atoms with van der Waals surface area (Å²) >= 11 is 5.39. The van der Waals surface area contributed by atoms with E-state index in [4.69, 9.17) is 11.6 Å². The summed E-state index contributed by atoms with van der Waals surface area (Å²) in [5, 5.41) is -0.973. The maximum absolute atomic E-state index is 13.3. The van der Waals surface area contributed by atoms with Crippen LogP contribution in [0.5, 0.6) is 0 Å². The maximum Gasteiger partial charge on any atom is 0.335 e. The van der Waals surface area contributed by atoms with E-state index in [-0.39, 0.29) is 17.3 Å². The molecular formula is C14H12ClFN2O3. The normalized spacial score (nSPS) is 10.9. The van der Waals surface area contributed by atoms with Gasteiger partial charge in [-0.3, -0.25) is 14.2 Å².